The lowest BCUT2D eigenvalue weighted by molar-refractivity contribution is 0.0955. The summed E-state index contributed by atoms with van der Waals surface area (Å²) in [5.41, 5.74) is 3.25. The van der Waals surface area contributed by atoms with Gasteiger partial charge in [0.1, 0.15) is 0 Å². The zero-order valence-corrected chi connectivity index (χ0v) is 15.4. The van der Waals surface area contributed by atoms with Crippen molar-refractivity contribution in [3.05, 3.63) is 59.7 Å². The maximum atomic E-state index is 11.5. The average Bonchev–Trinajstić information content (AvgIpc) is 2.70. The number of carbonyl (C=O) groups is 2. The Hall–Kier alpha value is -2.62. The quantitative estimate of drug-likeness (QED) is 0.890. The summed E-state index contributed by atoms with van der Waals surface area (Å²) in [6, 6.07) is 14.7. The zero-order chi connectivity index (χ0) is 18.5. The minimum atomic E-state index is -0.105. The van der Waals surface area contributed by atoms with Crippen LogP contribution in [-0.4, -0.2) is 25.9 Å². The van der Waals surface area contributed by atoms with E-state index in [1.807, 2.05) is 52.0 Å². The van der Waals surface area contributed by atoms with Crippen LogP contribution in [0.5, 0.6) is 0 Å². The summed E-state index contributed by atoms with van der Waals surface area (Å²) in [4.78, 5) is 22.9. The molecule has 24 heavy (non-hydrogen) atoms. The summed E-state index contributed by atoms with van der Waals surface area (Å²) < 4.78 is 0. The Bertz CT molecular complexity index is 560. The highest BCUT2D eigenvalue weighted by atomic mass is 16.2. The molecule has 0 aliphatic carbocycles. The lowest BCUT2D eigenvalue weighted by Gasteiger charge is -2.05. The Morgan fingerprint density at radius 3 is 1.04 bits per heavy atom. The molecular weight excluding hydrogens is 300 g/mol. The average molecular weight is 328 g/mol. The Balaban J connectivity index is 0.00000123. The van der Waals surface area contributed by atoms with Crippen LogP contribution < -0.4 is 10.6 Å². The third-order valence-corrected chi connectivity index (χ3v) is 3.08. The van der Waals surface area contributed by atoms with Crippen LogP contribution in [0.1, 0.15) is 48.4 Å². The molecule has 0 radical (unpaired) electrons. The van der Waals surface area contributed by atoms with Gasteiger partial charge in [0.05, 0.1) is 0 Å². The summed E-state index contributed by atoms with van der Waals surface area (Å²) in [6.07, 6.45) is 0. The van der Waals surface area contributed by atoms with Gasteiger partial charge in [-0.05, 0) is 35.4 Å². The fraction of sp³-hybridized carbons (Fsp3) is 0.300. The standard InChI is InChI=1S/C16H16N2O2.2C2H6/c1-17-15(19)13-7-3-11(4-8-13)12-5-9-14(10-6-12)16(20)18-2;2*1-2/h3-10H,1-2H3,(H,17,19)(H,18,20);2*1-2H3. The van der Waals surface area contributed by atoms with E-state index in [0.717, 1.165) is 11.1 Å². The summed E-state index contributed by atoms with van der Waals surface area (Å²) in [5, 5.41) is 5.17. The van der Waals surface area contributed by atoms with Gasteiger partial charge in [0.15, 0.2) is 0 Å². The predicted molar refractivity (Wildman–Crippen MR) is 101 cm³/mol. The fourth-order valence-corrected chi connectivity index (χ4v) is 1.92. The molecule has 0 aliphatic rings. The molecule has 2 N–H and O–H groups in total. The minimum absolute atomic E-state index is 0.105. The van der Waals surface area contributed by atoms with Gasteiger partial charge in [-0.3, -0.25) is 9.59 Å². The Labute approximate surface area is 145 Å². The molecular formula is C20H28N2O2. The van der Waals surface area contributed by atoms with Crippen molar-refractivity contribution in [2.75, 3.05) is 14.1 Å². The van der Waals surface area contributed by atoms with Crippen LogP contribution in [0, 0.1) is 0 Å². The van der Waals surface area contributed by atoms with Crippen molar-refractivity contribution < 1.29 is 9.59 Å². The van der Waals surface area contributed by atoms with Gasteiger partial charge in [-0.15, -0.1) is 0 Å². The van der Waals surface area contributed by atoms with Crippen LogP contribution in [0.3, 0.4) is 0 Å². The minimum Gasteiger partial charge on any atom is -0.355 e. The molecule has 0 aliphatic heterocycles. The van der Waals surface area contributed by atoms with Crippen molar-refractivity contribution in [3.8, 4) is 11.1 Å². The van der Waals surface area contributed by atoms with Gasteiger partial charge in [0.25, 0.3) is 11.8 Å². The lowest BCUT2D eigenvalue weighted by Crippen LogP contribution is -2.17. The fourth-order valence-electron chi connectivity index (χ4n) is 1.92. The lowest BCUT2D eigenvalue weighted by atomic mass is 10.0. The first-order chi connectivity index (χ1) is 11.7. The molecule has 0 bridgehead atoms. The molecule has 0 atom stereocenters. The van der Waals surface area contributed by atoms with Crippen molar-refractivity contribution in [2.24, 2.45) is 0 Å². The molecule has 4 heteroatoms. The van der Waals surface area contributed by atoms with E-state index >= 15 is 0 Å². The predicted octanol–water partition coefficient (Wildman–Crippen LogP) is 4.13. The number of carbonyl (C=O) groups excluding carboxylic acids is 2. The van der Waals surface area contributed by atoms with Crippen LogP contribution in [0.15, 0.2) is 48.5 Å². The van der Waals surface area contributed by atoms with Gasteiger partial charge in [0.2, 0.25) is 0 Å². The molecule has 0 spiro atoms. The maximum Gasteiger partial charge on any atom is 0.251 e. The molecule has 2 aromatic carbocycles. The van der Waals surface area contributed by atoms with E-state index < -0.39 is 0 Å². The molecule has 0 fully saturated rings. The maximum absolute atomic E-state index is 11.5. The number of nitrogens with one attached hydrogen (secondary N) is 2. The smallest absolute Gasteiger partial charge is 0.251 e. The van der Waals surface area contributed by atoms with E-state index in [1.54, 1.807) is 38.4 Å². The molecule has 2 amide bonds. The molecule has 130 valence electrons. The monoisotopic (exact) mass is 328 g/mol. The van der Waals surface area contributed by atoms with Crippen molar-refractivity contribution in [3.63, 3.8) is 0 Å². The second-order valence-corrected chi connectivity index (χ2v) is 4.31. The first-order valence-electron chi connectivity index (χ1n) is 8.30. The summed E-state index contributed by atoms with van der Waals surface area (Å²) in [5.74, 6) is -0.210. The van der Waals surface area contributed by atoms with E-state index in [4.69, 9.17) is 0 Å². The van der Waals surface area contributed by atoms with Crippen LogP contribution in [-0.2, 0) is 0 Å². The first kappa shape index (κ1) is 21.4. The molecule has 0 saturated carbocycles. The number of amides is 2. The molecule has 0 heterocycles. The number of rotatable bonds is 3. The van der Waals surface area contributed by atoms with E-state index in [-0.39, 0.29) is 11.8 Å². The van der Waals surface area contributed by atoms with Gasteiger partial charge in [-0.1, -0.05) is 52.0 Å². The van der Waals surface area contributed by atoms with E-state index in [0.29, 0.717) is 11.1 Å². The van der Waals surface area contributed by atoms with Crippen LogP contribution in [0.2, 0.25) is 0 Å². The van der Waals surface area contributed by atoms with Gasteiger partial charge in [-0.2, -0.15) is 0 Å². The van der Waals surface area contributed by atoms with Gasteiger partial charge in [-0.25, -0.2) is 0 Å². The van der Waals surface area contributed by atoms with Gasteiger partial charge >= 0.3 is 0 Å². The zero-order valence-electron chi connectivity index (χ0n) is 15.4. The van der Waals surface area contributed by atoms with Crippen LogP contribution in [0.4, 0.5) is 0 Å². The van der Waals surface area contributed by atoms with Gasteiger partial charge < -0.3 is 10.6 Å². The Morgan fingerprint density at radius 1 is 0.583 bits per heavy atom. The third-order valence-electron chi connectivity index (χ3n) is 3.08. The Kier molecular flexibility index (Phi) is 10.6. The molecule has 0 unspecified atom stereocenters. The summed E-state index contributed by atoms with van der Waals surface area (Å²) in [6.45, 7) is 8.00. The molecule has 0 saturated heterocycles. The Morgan fingerprint density at radius 2 is 0.833 bits per heavy atom. The topological polar surface area (TPSA) is 58.2 Å². The van der Waals surface area contributed by atoms with E-state index in [1.165, 1.54) is 0 Å². The van der Waals surface area contributed by atoms with Crippen molar-refractivity contribution >= 4 is 11.8 Å². The van der Waals surface area contributed by atoms with Crippen molar-refractivity contribution in [1.82, 2.24) is 10.6 Å². The van der Waals surface area contributed by atoms with Crippen LogP contribution in [0.25, 0.3) is 11.1 Å². The van der Waals surface area contributed by atoms with Gasteiger partial charge in [0, 0.05) is 25.2 Å². The molecule has 2 rings (SSSR count). The largest absolute Gasteiger partial charge is 0.355 e. The second-order valence-electron chi connectivity index (χ2n) is 4.31. The highest BCUT2D eigenvalue weighted by Crippen LogP contribution is 2.20. The van der Waals surface area contributed by atoms with Crippen molar-refractivity contribution in [2.45, 2.75) is 27.7 Å². The SMILES string of the molecule is CC.CC.CNC(=O)c1ccc(-c2ccc(C(=O)NC)cc2)cc1. The number of benzene rings is 2. The highest BCUT2D eigenvalue weighted by molar-refractivity contribution is 5.95. The second kappa shape index (κ2) is 11.9. The normalized spacial score (nSPS) is 8.75. The third kappa shape index (κ3) is 5.88. The summed E-state index contributed by atoms with van der Waals surface area (Å²) >= 11 is 0. The van der Waals surface area contributed by atoms with Crippen LogP contribution >= 0.6 is 0 Å². The highest BCUT2D eigenvalue weighted by Gasteiger charge is 2.05. The summed E-state index contributed by atoms with van der Waals surface area (Å²) in [7, 11) is 3.21. The van der Waals surface area contributed by atoms with E-state index in [2.05, 4.69) is 10.6 Å². The number of hydrogen-bond acceptors (Lipinski definition) is 2. The first-order valence-corrected chi connectivity index (χ1v) is 8.30. The van der Waals surface area contributed by atoms with Crippen molar-refractivity contribution in [1.29, 1.82) is 0 Å². The molecule has 4 nitrogen and oxygen atoms in total. The molecule has 0 aromatic heterocycles. The van der Waals surface area contributed by atoms with E-state index in [9.17, 15) is 9.59 Å². The number of hydrogen-bond donors (Lipinski definition) is 2. The molecule has 2 aromatic rings.